The lowest BCUT2D eigenvalue weighted by molar-refractivity contribution is -0.129. The maximum atomic E-state index is 12.2. The van der Waals surface area contributed by atoms with Crippen LogP contribution in [0.25, 0.3) is 0 Å². The summed E-state index contributed by atoms with van der Waals surface area (Å²) >= 11 is 5.88. The summed E-state index contributed by atoms with van der Waals surface area (Å²) in [6, 6.07) is 9.18. The molecule has 0 aliphatic heterocycles. The number of rotatable bonds is 4. The van der Waals surface area contributed by atoms with Gasteiger partial charge in [-0.3, -0.25) is 4.79 Å². The maximum absolute atomic E-state index is 12.2. The third-order valence-electron chi connectivity index (χ3n) is 3.76. The predicted octanol–water partition coefficient (Wildman–Crippen LogP) is 3.45. The molecule has 1 amide bonds. The van der Waals surface area contributed by atoms with E-state index >= 15 is 0 Å². The quantitative estimate of drug-likeness (QED) is 0.926. The fraction of sp³-hybridized carbons (Fsp3) is 0.500. The van der Waals surface area contributed by atoms with Crippen LogP contribution in [0.4, 0.5) is 0 Å². The lowest BCUT2D eigenvalue weighted by Gasteiger charge is -2.32. The smallest absolute Gasteiger partial charge is 0.262 e. The number of benzene rings is 1. The van der Waals surface area contributed by atoms with Crippen LogP contribution in [0, 0.1) is 11.3 Å². The number of ether oxygens (including phenoxy) is 1. The van der Waals surface area contributed by atoms with E-state index in [1.807, 2.05) is 0 Å². The van der Waals surface area contributed by atoms with E-state index in [0.29, 0.717) is 23.6 Å². The van der Waals surface area contributed by atoms with Gasteiger partial charge in [0, 0.05) is 5.02 Å². The second-order valence-corrected chi connectivity index (χ2v) is 5.90. The molecule has 1 aliphatic rings. The summed E-state index contributed by atoms with van der Waals surface area (Å²) in [4.78, 5) is 12.2. The van der Waals surface area contributed by atoms with Crippen molar-refractivity contribution in [3.8, 4) is 11.8 Å². The standard InChI is InChI=1S/C16H19ClN2O2/c1-12(21-14-7-5-6-13(17)10-14)15(20)19-16(11-18)8-3-2-4-9-16/h5-7,10,12H,2-4,8-9H2,1H3,(H,19,20). The number of amides is 1. The third kappa shape index (κ3) is 4.12. The molecule has 1 aromatic carbocycles. The van der Waals surface area contributed by atoms with Crippen LogP contribution >= 0.6 is 11.6 Å². The van der Waals surface area contributed by atoms with Gasteiger partial charge in [0.1, 0.15) is 11.3 Å². The molecule has 0 aromatic heterocycles. The molecule has 1 atom stereocenters. The van der Waals surface area contributed by atoms with Crippen LogP contribution in [0.5, 0.6) is 5.75 Å². The van der Waals surface area contributed by atoms with Crippen molar-refractivity contribution in [1.82, 2.24) is 5.32 Å². The molecule has 0 spiro atoms. The predicted molar refractivity (Wildman–Crippen MR) is 81.1 cm³/mol. The summed E-state index contributed by atoms with van der Waals surface area (Å²) in [6.07, 6.45) is 3.80. The lowest BCUT2D eigenvalue weighted by atomic mass is 9.83. The molecule has 0 saturated heterocycles. The largest absolute Gasteiger partial charge is 0.481 e. The average Bonchev–Trinajstić information content (AvgIpc) is 2.48. The Morgan fingerprint density at radius 1 is 1.43 bits per heavy atom. The summed E-state index contributed by atoms with van der Waals surface area (Å²) in [6.45, 7) is 1.67. The van der Waals surface area contributed by atoms with Gasteiger partial charge in [0.05, 0.1) is 6.07 Å². The van der Waals surface area contributed by atoms with Crippen LogP contribution in [0.15, 0.2) is 24.3 Å². The Labute approximate surface area is 130 Å². The van der Waals surface area contributed by atoms with E-state index in [4.69, 9.17) is 16.3 Å². The maximum Gasteiger partial charge on any atom is 0.262 e. The lowest BCUT2D eigenvalue weighted by Crippen LogP contribution is -2.52. The molecule has 5 heteroatoms. The topological polar surface area (TPSA) is 62.1 Å². The van der Waals surface area contributed by atoms with Gasteiger partial charge < -0.3 is 10.1 Å². The fourth-order valence-corrected chi connectivity index (χ4v) is 2.74. The number of halogens is 1. The number of carbonyl (C=O) groups is 1. The monoisotopic (exact) mass is 306 g/mol. The molecular formula is C16H19ClN2O2. The fourth-order valence-electron chi connectivity index (χ4n) is 2.56. The molecule has 0 heterocycles. The van der Waals surface area contributed by atoms with Gasteiger partial charge >= 0.3 is 0 Å². The summed E-state index contributed by atoms with van der Waals surface area (Å²) in [5, 5.41) is 12.8. The molecule has 1 aliphatic carbocycles. The van der Waals surface area contributed by atoms with Crippen LogP contribution in [0.2, 0.25) is 5.02 Å². The Morgan fingerprint density at radius 3 is 2.76 bits per heavy atom. The van der Waals surface area contributed by atoms with Crippen LogP contribution in [0.3, 0.4) is 0 Å². The van der Waals surface area contributed by atoms with Gasteiger partial charge in [-0.2, -0.15) is 5.26 Å². The van der Waals surface area contributed by atoms with E-state index in [2.05, 4.69) is 11.4 Å². The first kappa shape index (κ1) is 15.7. The summed E-state index contributed by atoms with van der Waals surface area (Å²) in [7, 11) is 0. The first-order chi connectivity index (χ1) is 10.0. The summed E-state index contributed by atoms with van der Waals surface area (Å²) in [5.74, 6) is 0.276. The summed E-state index contributed by atoms with van der Waals surface area (Å²) < 4.78 is 5.58. The number of hydrogen-bond acceptors (Lipinski definition) is 3. The Morgan fingerprint density at radius 2 is 2.14 bits per heavy atom. The van der Waals surface area contributed by atoms with E-state index in [1.54, 1.807) is 31.2 Å². The molecule has 1 saturated carbocycles. The van der Waals surface area contributed by atoms with E-state index in [1.165, 1.54) is 0 Å². The molecule has 0 radical (unpaired) electrons. The Balaban J connectivity index is 1.97. The van der Waals surface area contributed by atoms with Crippen molar-refractivity contribution in [2.24, 2.45) is 0 Å². The minimum atomic E-state index is -0.735. The molecule has 1 N–H and O–H groups in total. The first-order valence-corrected chi connectivity index (χ1v) is 7.58. The minimum Gasteiger partial charge on any atom is -0.481 e. The number of nitrogens with one attached hydrogen (secondary N) is 1. The van der Waals surface area contributed by atoms with Crippen LogP contribution in [-0.2, 0) is 4.79 Å². The normalized spacial score (nSPS) is 18.3. The minimum absolute atomic E-state index is 0.265. The molecule has 21 heavy (non-hydrogen) atoms. The highest BCUT2D eigenvalue weighted by Crippen LogP contribution is 2.27. The second kappa shape index (κ2) is 6.82. The zero-order valence-electron chi connectivity index (χ0n) is 12.1. The molecule has 0 bridgehead atoms. The van der Waals surface area contributed by atoms with Crippen LogP contribution in [0.1, 0.15) is 39.0 Å². The zero-order valence-corrected chi connectivity index (χ0v) is 12.8. The molecule has 2 rings (SSSR count). The second-order valence-electron chi connectivity index (χ2n) is 5.46. The highest BCUT2D eigenvalue weighted by molar-refractivity contribution is 6.30. The van der Waals surface area contributed by atoms with Crippen molar-refractivity contribution < 1.29 is 9.53 Å². The Kier molecular flexibility index (Phi) is 5.08. The number of hydrogen-bond donors (Lipinski definition) is 1. The molecule has 1 unspecified atom stereocenters. The van der Waals surface area contributed by atoms with E-state index in [9.17, 15) is 10.1 Å². The average molecular weight is 307 g/mol. The molecule has 112 valence electrons. The van der Waals surface area contributed by atoms with Crippen molar-refractivity contribution in [2.45, 2.75) is 50.7 Å². The SMILES string of the molecule is CC(Oc1cccc(Cl)c1)C(=O)NC1(C#N)CCCCC1. The molecule has 1 aromatic rings. The highest BCUT2D eigenvalue weighted by Gasteiger charge is 2.35. The molecular weight excluding hydrogens is 288 g/mol. The number of nitriles is 1. The van der Waals surface area contributed by atoms with Gasteiger partial charge in [-0.05, 0) is 38.0 Å². The van der Waals surface area contributed by atoms with E-state index in [0.717, 1.165) is 19.3 Å². The van der Waals surface area contributed by atoms with Crippen molar-refractivity contribution in [1.29, 1.82) is 5.26 Å². The van der Waals surface area contributed by atoms with Gasteiger partial charge in [0.2, 0.25) is 0 Å². The van der Waals surface area contributed by atoms with E-state index < -0.39 is 11.6 Å². The third-order valence-corrected chi connectivity index (χ3v) is 4.00. The van der Waals surface area contributed by atoms with Crippen molar-refractivity contribution in [3.63, 3.8) is 0 Å². The van der Waals surface area contributed by atoms with Crippen molar-refractivity contribution in [2.75, 3.05) is 0 Å². The Hall–Kier alpha value is -1.73. The summed E-state index contributed by atoms with van der Waals surface area (Å²) in [5.41, 5.74) is -0.735. The van der Waals surface area contributed by atoms with Crippen LogP contribution in [-0.4, -0.2) is 17.6 Å². The molecule has 4 nitrogen and oxygen atoms in total. The van der Waals surface area contributed by atoms with Crippen LogP contribution < -0.4 is 10.1 Å². The van der Waals surface area contributed by atoms with Crippen molar-refractivity contribution >= 4 is 17.5 Å². The number of nitrogens with zero attached hydrogens (tertiary/aromatic N) is 1. The first-order valence-electron chi connectivity index (χ1n) is 7.20. The van der Waals surface area contributed by atoms with Gasteiger partial charge in [-0.1, -0.05) is 36.9 Å². The van der Waals surface area contributed by atoms with Gasteiger partial charge in [-0.15, -0.1) is 0 Å². The van der Waals surface area contributed by atoms with Gasteiger partial charge in [0.15, 0.2) is 6.10 Å². The molecule has 1 fully saturated rings. The zero-order chi connectivity index (χ0) is 15.3. The highest BCUT2D eigenvalue weighted by atomic mass is 35.5. The number of carbonyl (C=O) groups excluding carboxylic acids is 1. The van der Waals surface area contributed by atoms with Gasteiger partial charge in [-0.25, -0.2) is 0 Å². The van der Waals surface area contributed by atoms with Crippen molar-refractivity contribution in [3.05, 3.63) is 29.3 Å². The van der Waals surface area contributed by atoms with E-state index in [-0.39, 0.29) is 5.91 Å². The Bertz CT molecular complexity index is 547. The van der Waals surface area contributed by atoms with Gasteiger partial charge in [0.25, 0.3) is 5.91 Å².